The summed E-state index contributed by atoms with van der Waals surface area (Å²) in [5.74, 6) is 1.32. The van der Waals surface area contributed by atoms with E-state index in [-0.39, 0.29) is 11.3 Å². The summed E-state index contributed by atoms with van der Waals surface area (Å²) in [6, 6.07) is 11.8. The largest absolute Gasteiger partial charge is 0.377 e. The predicted molar refractivity (Wildman–Crippen MR) is 110 cm³/mol. The van der Waals surface area contributed by atoms with Gasteiger partial charge in [-0.3, -0.25) is 0 Å². The zero-order valence-corrected chi connectivity index (χ0v) is 17.4. The Bertz CT molecular complexity index is 956. The van der Waals surface area contributed by atoms with Gasteiger partial charge in [0.25, 0.3) is 0 Å². The maximum absolute atomic E-state index is 13.1. The van der Waals surface area contributed by atoms with Crippen molar-refractivity contribution in [3.63, 3.8) is 0 Å². The molecule has 1 aliphatic carbocycles. The van der Waals surface area contributed by atoms with Crippen LogP contribution < -0.4 is 4.90 Å². The predicted octanol–water partition coefficient (Wildman–Crippen LogP) is 3.18. The molecular formula is C21H27N3O3S. The van der Waals surface area contributed by atoms with Gasteiger partial charge in [-0.15, -0.1) is 0 Å². The number of benzene rings is 1. The molecule has 4 rings (SSSR count). The molecule has 0 N–H and O–H groups in total. The lowest BCUT2D eigenvalue weighted by Gasteiger charge is -2.35. The fourth-order valence-corrected chi connectivity index (χ4v) is 5.60. The lowest BCUT2D eigenvalue weighted by Crippen LogP contribution is -2.44. The molecule has 150 valence electrons. The molecule has 0 spiro atoms. The van der Waals surface area contributed by atoms with Crippen LogP contribution in [-0.2, 0) is 19.3 Å². The van der Waals surface area contributed by atoms with Gasteiger partial charge in [-0.25, -0.2) is 18.4 Å². The number of nitrogens with zero attached hydrogens (tertiary/aromatic N) is 3. The number of hydrogen-bond donors (Lipinski definition) is 0. The van der Waals surface area contributed by atoms with E-state index in [4.69, 9.17) is 14.7 Å². The minimum Gasteiger partial charge on any atom is -0.377 e. The summed E-state index contributed by atoms with van der Waals surface area (Å²) in [6.07, 6.45) is 1.49. The van der Waals surface area contributed by atoms with Gasteiger partial charge in [-0.1, -0.05) is 30.3 Å². The molecule has 1 saturated carbocycles. The standard InChI is InChI=1S/C21H27N3O3S/c1-15-14-27-12-11-24(15)19-13-18(21(2,3)28(25,26)17-9-10-17)22-20(23-19)16-7-5-4-6-8-16/h4-8,13,15,17H,9-12,14H2,1-3H3/t15-/m0/s1. The van der Waals surface area contributed by atoms with E-state index in [9.17, 15) is 8.42 Å². The van der Waals surface area contributed by atoms with Gasteiger partial charge < -0.3 is 9.64 Å². The SMILES string of the molecule is C[C@H]1COCCN1c1cc(C(C)(C)S(=O)(=O)C2CC2)nc(-c2ccccc2)n1. The molecule has 0 radical (unpaired) electrons. The van der Waals surface area contributed by atoms with Gasteiger partial charge in [0.2, 0.25) is 0 Å². The van der Waals surface area contributed by atoms with Crippen molar-refractivity contribution < 1.29 is 13.2 Å². The van der Waals surface area contributed by atoms with Crippen molar-refractivity contribution in [1.82, 2.24) is 9.97 Å². The fraction of sp³-hybridized carbons (Fsp3) is 0.524. The van der Waals surface area contributed by atoms with Gasteiger partial charge in [0.1, 0.15) is 10.6 Å². The third kappa shape index (κ3) is 3.42. The molecule has 0 amide bonds. The van der Waals surface area contributed by atoms with Gasteiger partial charge in [0.15, 0.2) is 15.7 Å². The second-order valence-corrected chi connectivity index (χ2v) is 11.0. The summed E-state index contributed by atoms with van der Waals surface area (Å²) < 4.78 is 30.7. The highest BCUT2D eigenvalue weighted by atomic mass is 32.2. The van der Waals surface area contributed by atoms with Crippen LogP contribution in [0, 0.1) is 0 Å². The Kier molecular flexibility index (Phi) is 4.91. The van der Waals surface area contributed by atoms with Gasteiger partial charge in [-0.2, -0.15) is 0 Å². The minimum absolute atomic E-state index is 0.170. The number of sulfone groups is 1. The number of anilines is 1. The molecule has 28 heavy (non-hydrogen) atoms. The van der Waals surface area contributed by atoms with E-state index in [1.165, 1.54) is 0 Å². The number of rotatable bonds is 5. The molecule has 2 aliphatic rings. The smallest absolute Gasteiger partial charge is 0.164 e. The van der Waals surface area contributed by atoms with Crippen molar-refractivity contribution >= 4 is 15.7 Å². The molecule has 2 fully saturated rings. The summed E-state index contributed by atoms with van der Waals surface area (Å²) in [6.45, 7) is 7.61. The van der Waals surface area contributed by atoms with Gasteiger partial charge in [0, 0.05) is 18.2 Å². The van der Waals surface area contributed by atoms with Gasteiger partial charge in [-0.05, 0) is 33.6 Å². The molecule has 1 aliphatic heterocycles. The van der Waals surface area contributed by atoms with Crippen molar-refractivity contribution in [3.05, 3.63) is 42.1 Å². The van der Waals surface area contributed by atoms with E-state index in [2.05, 4.69) is 11.8 Å². The molecule has 0 unspecified atom stereocenters. The van der Waals surface area contributed by atoms with Crippen LogP contribution in [0.3, 0.4) is 0 Å². The van der Waals surface area contributed by atoms with E-state index < -0.39 is 14.6 Å². The Hall–Kier alpha value is -1.99. The summed E-state index contributed by atoms with van der Waals surface area (Å²) >= 11 is 0. The van der Waals surface area contributed by atoms with E-state index in [0.29, 0.717) is 24.7 Å². The Morgan fingerprint density at radius 3 is 2.50 bits per heavy atom. The average Bonchev–Trinajstić information content (AvgIpc) is 3.54. The molecule has 7 heteroatoms. The van der Waals surface area contributed by atoms with Crippen LogP contribution in [0.5, 0.6) is 0 Å². The van der Waals surface area contributed by atoms with Crippen molar-refractivity contribution in [2.75, 3.05) is 24.7 Å². The van der Waals surface area contributed by atoms with Crippen molar-refractivity contribution in [1.29, 1.82) is 0 Å². The number of ether oxygens (including phenoxy) is 1. The lowest BCUT2D eigenvalue weighted by molar-refractivity contribution is 0.0985. The first-order valence-corrected chi connectivity index (χ1v) is 11.4. The molecular weight excluding hydrogens is 374 g/mol. The zero-order valence-electron chi connectivity index (χ0n) is 16.6. The Morgan fingerprint density at radius 1 is 1.14 bits per heavy atom. The molecule has 1 atom stereocenters. The quantitative estimate of drug-likeness (QED) is 0.766. The van der Waals surface area contributed by atoms with E-state index in [0.717, 1.165) is 30.8 Å². The van der Waals surface area contributed by atoms with Crippen LogP contribution in [0.25, 0.3) is 11.4 Å². The Balaban J connectivity index is 1.84. The zero-order chi connectivity index (χ0) is 19.9. The third-order valence-corrected chi connectivity index (χ3v) is 8.68. The van der Waals surface area contributed by atoms with Gasteiger partial charge in [0.05, 0.1) is 30.2 Å². The van der Waals surface area contributed by atoms with Crippen LogP contribution in [0.4, 0.5) is 5.82 Å². The second-order valence-electron chi connectivity index (χ2n) is 8.17. The molecule has 2 aromatic rings. The summed E-state index contributed by atoms with van der Waals surface area (Å²) in [4.78, 5) is 11.7. The van der Waals surface area contributed by atoms with E-state index in [1.54, 1.807) is 13.8 Å². The number of aromatic nitrogens is 2. The molecule has 1 aromatic heterocycles. The highest BCUT2D eigenvalue weighted by Crippen LogP contribution is 2.41. The number of hydrogen-bond acceptors (Lipinski definition) is 6. The van der Waals surface area contributed by atoms with Crippen molar-refractivity contribution in [3.8, 4) is 11.4 Å². The maximum atomic E-state index is 13.1. The van der Waals surface area contributed by atoms with Crippen molar-refractivity contribution in [2.45, 2.75) is 49.7 Å². The highest BCUT2D eigenvalue weighted by molar-refractivity contribution is 7.93. The first-order chi connectivity index (χ1) is 13.3. The van der Waals surface area contributed by atoms with Gasteiger partial charge >= 0.3 is 0 Å². The fourth-order valence-electron chi connectivity index (χ4n) is 3.61. The summed E-state index contributed by atoms with van der Waals surface area (Å²) in [5, 5.41) is -0.247. The number of morpholine rings is 1. The summed E-state index contributed by atoms with van der Waals surface area (Å²) in [5.41, 5.74) is 1.44. The normalized spacial score (nSPS) is 21.0. The Labute approximate surface area is 166 Å². The lowest BCUT2D eigenvalue weighted by atomic mass is 10.1. The van der Waals surface area contributed by atoms with Crippen LogP contribution in [0.1, 0.15) is 39.3 Å². The van der Waals surface area contributed by atoms with Crippen LogP contribution in [-0.4, -0.2) is 49.4 Å². The maximum Gasteiger partial charge on any atom is 0.164 e. The molecule has 0 bridgehead atoms. The van der Waals surface area contributed by atoms with Crippen LogP contribution in [0.15, 0.2) is 36.4 Å². The molecule has 6 nitrogen and oxygen atoms in total. The van der Waals surface area contributed by atoms with E-state index in [1.807, 2.05) is 36.4 Å². The van der Waals surface area contributed by atoms with Crippen LogP contribution in [0.2, 0.25) is 0 Å². The second kappa shape index (κ2) is 7.12. The van der Waals surface area contributed by atoms with E-state index >= 15 is 0 Å². The minimum atomic E-state index is -3.31. The topological polar surface area (TPSA) is 72.4 Å². The third-order valence-electron chi connectivity index (χ3n) is 5.70. The Morgan fingerprint density at radius 2 is 1.86 bits per heavy atom. The first-order valence-electron chi connectivity index (χ1n) is 9.83. The molecule has 1 aromatic carbocycles. The monoisotopic (exact) mass is 401 g/mol. The summed E-state index contributed by atoms with van der Waals surface area (Å²) in [7, 11) is -3.31. The first kappa shape index (κ1) is 19.3. The van der Waals surface area contributed by atoms with Crippen molar-refractivity contribution in [2.24, 2.45) is 0 Å². The average molecular weight is 402 g/mol. The molecule has 1 saturated heterocycles. The molecule has 2 heterocycles. The van der Waals surface area contributed by atoms with Crippen LogP contribution >= 0.6 is 0 Å². The highest BCUT2D eigenvalue weighted by Gasteiger charge is 2.48.